The highest BCUT2D eigenvalue weighted by atomic mass is 35.7. The minimum atomic E-state index is -4.20. The quantitative estimate of drug-likeness (QED) is 0.306. The second-order valence-corrected chi connectivity index (χ2v) is 7.39. The van der Waals surface area contributed by atoms with E-state index in [1.54, 1.807) is 11.8 Å². The minimum absolute atomic E-state index is 0.0213. The van der Waals surface area contributed by atoms with Crippen molar-refractivity contribution in [3.05, 3.63) is 22.2 Å². The number of nitro groups is 1. The van der Waals surface area contributed by atoms with Crippen molar-refractivity contribution in [2.45, 2.75) is 11.3 Å². The minimum Gasteiger partial charge on any atom is -0.492 e. The monoisotopic (exact) mass is 355 g/mol. The van der Waals surface area contributed by atoms with Gasteiger partial charge in [0, 0.05) is 16.7 Å². The summed E-state index contributed by atoms with van der Waals surface area (Å²) >= 11 is 1.63. The van der Waals surface area contributed by atoms with Gasteiger partial charge >= 0.3 is 0 Å². The molecule has 0 atom stereocenters. The zero-order valence-electron chi connectivity index (χ0n) is 11.4. The van der Waals surface area contributed by atoms with Gasteiger partial charge in [-0.2, -0.15) is 11.8 Å². The van der Waals surface area contributed by atoms with Gasteiger partial charge in [0.25, 0.3) is 14.7 Å². The molecular weight excluding hydrogens is 342 g/mol. The molecule has 1 aromatic carbocycles. The average Bonchev–Trinajstić information content (AvgIpc) is 2.41. The van der Waals surface area contributed by atoms with Crippen LogP contribution in [0.1, 0.15) is 6.42 Å². The Morgan fingerprint density at radius 2 is 2.10 bits per heavy atom. The third-order valence-electron chi connectivity index (χ3n) is 2.43. The van der Waals surface area contributed by atoms with E-state index < -0.39 is 24.6 Å². The van der Waals surface area contributed by atoms with Crippen LogP contribution in [0.5, 0.6) is 11.5 Å². The Morgan fingerprint density at radius 3 is 2.57 bits per heavy atom. The molecule has 0 fully saturated rings. The molecule has 1 rings (SSSR count). The number of thioether (sulfide) groups is 1. The topological polar surface area (TPSA) is 95.7 Å². The van der Waals surface area contributed by atoms with Crippen molar-refractivity contribution in [3.63, 3.8) is 0 Å². The summed E-state index contributed by atoms with van der Waals surface area (Å²) in [6.45, 7) is 0.278. The van der Waals surface area contributed by atoms with Crippen LogP contribution in [0.25, 0.3) is 0 Å². The lowest BCUT2D eigenvalue weighted by Crippen LogP contribution is -2.05. The van der Waals surface area contributed by atoms with Crippen LogP contribution < -0.4 is 9.47 Å². The van der Waals surface area contributed by atoms with Crippen LogP contribution >= 0.6 is 22.4 Å². The molecule has 0 amide bonds. The molecule has 0 aromatic heterocycles. The normalized spacial score (nSPS) is 11.2. The fourth-order valence-electron chi connectivity index (χ4n) is 1.54. The number of non-ortho nitro benzene ring substituents is 1. The summed E-state index contributed by atoms with van der Waals surface area (Å²) in [5.74, 6) is 0.685. The first kappa shape index (κ1) is 17.9. The van der Waals surface area contributed by atoms with E-state index in [2.05, 4.69) is 0 Å². The molecule has 10 heteroatoms. The van der Waals surface area contributed by atoms with Crippen molar-refractivity contribution in [3.8, 4) is 11.5 Å². The lowest BCUT2D eigenvalue weighted by molar-refractivity contribution is -0.385. The first-order valence-electron chi connectivity index (χ1n) is 5.74. The van der Waals surface area contributed by atoms with Crippen molar-refractivity contribution in [1.82, 2.24) is 0 Å². The molecular formula is C11H14ClNO6S2. The molecule has 0 unspecified atom stereocenters. The van der Waals surface area contributed by atoms with Gasteiger partial charge in [-0.3, -0.25) is 10.1 Å². The van der Waals surface area contributed by atoms with Gasteiger partial charge in [0.15, 0.2) is 11.5 Å². The zero-order valence-corrected chi connectivity index (χ0v) is 13.8. The van der Waals surface area contributed by atoms with E-state index in [1.807, 2.05) is 6.26 Å². The average molecular weight is 356 g/mol. The van der Waals surface area contributed by atoms with Gasteiger partial charge in [0.2, 0.25) is 0 Å². The fourth-order valence-corrected chi connectivity index (χ4v) is 2.96. The van der Waals surface area contributed by atoms with E-state index in [0.29, 0.717) is 6.42 Å². The Hall–Kier alpha value is -1.19. The molecule has 1 aromatic rings. The highest BCUT2D eigenvalue weighted by molar-refractivity contribution is 8.13. The summed E-state index contributed by atoms with van der Waals surface area (Å²) in [5.41, 5.74) is -0.435. The van der Waals surface area contributed by atoms with E-state index >= 15 is 0 Å². The zero-order chi connectivity index (χ0) is 16.0. The summed E-state index contributed by atoms with van der Waals surface area (Å²) in [4.78, 5) is 9.67. The molecule has 0 radical (unpaired) electrons. The van der Waals surface area contributed by atoms with Crippen molar-refractivity contribution in [2.75, 3.05) is 25.7 Å². The molecule has 0 bridgehead atoms. The lowest BCUT2D eigenvalue weighted by atomic mass is 10.3. The second kappa shape index (κ2) is 7.71. The van der Waals surface area contributed by atoms with E-state index in [4.69, 9.17) is 20.2 Å². The predicted octanol–water partition coefficient (Wildman–Crippen LogP) is 2.66. The highest BCUT2D eigenvalue weighted by Crippen LogP contribution is 2.39. The molecule has 0 N–H and O–H groups in total. The second-order valence-electron chi connectivity index (χ2n) is 3.87. The molecule has 0 saturated heterocycles. The number of nitrogens with zero attached hydrogens (tertiary/aromatic N) is 1. The largest absolute Gasteiger partial charge is 0.492 e. The van der Waals surface area contributed by atoms with Crippen molar-refractivity contribution in [2.24, 2.45) is 0 Å². The molecule has 21 heavy (non-hydrogen) atoms. The maximum atomic E-state index is 11.5. The maximum absolute atomic E-state index is 11.5. The number of rotatable bonds is 8. The van der Waals surface area contributed by atoms with Gasteiger partial charge in [0.1, 0.15) is 4.90 Å². The van der Waals surface area contributed by atoms with E-state index in [-0.39, 0.29) is 18.1 Å². The number of methoxy groups -OCH3 is 1. The SMILES string of the molecule is COc1c(OCCCSC)cc([N+](=O)[O-])cc1S(=O)(=O)Cl. The van der Waals surface area contributed by atoms with E-state index in [1.165, 1.54) is 7.11 Å². The predicted molar refractivity (Wildman–Crippen MR) is 81.2 cm³/mol. The summed E-state index contributed by atoms with van der Waals surface area (Å²) in [6.07, 6.45) is 2.64. The van der Waals surface area contributed by atoms with Crippen LogP contribution in [0, 0.1) is 10.1 Å². The maximum Gasteiger partial charge on any atom is 0.274 e. The third kappa shape index (κ3) is 4.94. The van der Waals surface area contributed by atoms with Crippen LogP contribution in [0.3, 0.4) is 0 Å². The van der Waals surface area contributed by atoms with Gasteiger partial charge in [-0.15, -0.1) is 0 Å². The van der Waals surface area contributed by atoms with Gasteiger partial charge in [-0.1, -0.05) is 0 Å². The standard InChI is InChI=1S/C11H14ClNO6S2/c1-18-11-9(19-4-3-5-20-2)6-8(13(14)15)7-10(11)21(12,16)17/h6-7H,3-5H2,1-2H3. The van der Waals surface area contributed by atoms with Crippen molar-refractivity contribution in [1.29, 1.82) is 0 Å². The smallest absolute Gasteiger partial charge is 0.274 e. The lowest BCUT2D eigenvalue weighted by Gasteiger charge is -2.13. The Morgan fingerprint density at radius 1 is 1.43 bits per heavy atom. The molecule has 118 valence electrons. The molecule has 0 saturated carbocycles. The summed E-state index contributed by atoms with van der Waals surface area (Å²) in [6, 6.07) is 1.96. The van der Waals surface area contributed by atoms with Crippen LogP contribution in [0.4, 0.5) is 5.69 Å². The number of nitro benzene ring substituents is 1. The first-order valence-corrected chi connectivity index (χ1v) is 9.44. The van der Waals surface area contributed by atoms with E-state index in [0.717, 1.165) is 17.9 Å². The number of hydrogen-bond donors (Lipinski definition) is 0. The summed E-state index contributed by atoms with van der Waals surface area (Å²) < 4.78 is 33.4. The fraction of sp³-hybridized carbons (Fsp3) is 0.455. The Balaban J connectivity index is 3.26. The van der Waals surface area contributed by atoms with Crippen LogP contribution in [-0.2, 0) is 9.05 Å². The molecule has 0 aliphatic heterocycles. The molecule has 0 spiro atoms. The summed E-state index contributed by atoms with van der Waals surface area (Å²) in [5, 5.41) is 10.9. The summed E-state index contributed by atoms with van der Waals surface area (Å²) in [7, 11) is 2.32. The van der Waals surface area contributed by atoms with Gasteiger partial charge in [-0.25, -0.2) is 8.42 Å². The molecule has 0 aliphatic carbocycles. The molecule has 0 heterocycles. The van der Waals surface area contributed by atoms with Crippen LogP contribution in [0.15, 0.2) is 17.0 Å². The molecule has 7 nitrogen and oxygen atoms in total. The van der Waals surface area contributed by atoms with Gasteiger partial charge in [0.05, 0.1) is 24.7 Å². The van der Waals surface area contributed by atoms with E-state index in [9.17, 15) is 18.5 Å². The highest BCUT2D eigenvalue weighted by Gasteiger charge is 2.26. The number of hydrogen-bond acceptors (Lipinski definition) is 7. The van der Waals surface area contributed by atoms with Crippen LogP contribution in [-0.4, -0.2) is 39.1 Å². The van der Waals surface area contributed by atoms with Gasteiger partial charge < -0.3 is 9.47 Å². The van der Waals surface area contributed by atoms with Gasteiger partial charge in [-0.05, 0) is 18.4 Å². The Bertz CT molecular complexity index is 619. The van der Waals surface area contributed by atoms with Crippen LogP contribution in [0.2, 0.25) is 0 Å². The van der Waals surface area contributed by atoms with Crippen molar-refractivity contribution >= 4 is 37.2 Å². The molecule has 0 aliphatic rings. The number of halogens is 1. The van der Waals surface area contributed by atoms with Crippen molar-refractivity contribution < 1.29 is 22.8 Å². The first-order chi connectivity index (χ1) is 9.81. The number of benzene rings is 1. The number of ether oxygens (including phenoxy) is 2. The third-order valence-corrected chi connectivity index (χ3v) is 4.46. The Kier molecular flexibility index (Phi) is 6.56. The Labute approximate surface area is 131 Å².